The van der Waals surface area contributed by atoms with Crippen LogP contribution < -0.4 is 16.0 Å². The molecule has 0 spiro atoms. The molecule has 2 aromatic rings. The van der Waals surface area contributed by atoms with Crippen LogP contribution in [-0.2, 0) is 14.4 Å². The van der Waals surface area contributed by atoms with E-state index in [2.05, 4.69) is 40.4 Å². The summed E-state index contributed by atoms with van der Waals surface area (Å²) in [5.41, 5.74) is 5.64. The number of aryl methyl sites for hydroxylation is 1. The molecule has 0 aliphatic carbocycles. The van der Waals surface area contributed by atoms with E-state index in [4.69, 9.17) is 0 Å². The monoisotopic (exact) mass is 627 g/mol. The molecule has 3 rings (SSSR count). The van der Waals surface area contributed by atoms with Crippen molar-refractivity contribution in [2.45, 2.75) is 81.1 Å². The lowest BCUT2D eigenvalue weighted by Crippen LogP contribution is -2.27. The Bertz CT molecular complexity index is 1260. The van der Waals surface area contributed by atoms with Crippen LogP contribution in [0.5, 0.6) is 0 Å². The number of carbonyl (C=O) groups is 4. The summed E-state index contributed by atoms with van der Waals surface area (Å²) in [6.07, 6.45) is 13.3. The van der Waals surface area contributed by atoms with Crippen molar-refractivity contribution in [3.05, 3.63) is 70.4 Å². The number of nitrogens with zero attached hydrogens (tertiary/aromatic N) is 1. The maximum Gasteiger partial charge on any atom is 0.253 e. The summed E-state index contributed by atoms with van der Waals surface area (Å²) >= 11 is 0. The molecule has 250 valence electrons. The van der Waals surface area contributed by atoms with Crippen molar-refractivity contribution in [2.24, 2.45) is 0 Å². The fraction of sp³-hybridized carbons (Fsp3) is 0.429. The molecule has 1 unspecified atom stereocenters. The Balaban J connectivity index is -0.000000597. The van der Waals surface area contributed by atoms with Gasteiger partial charge in [0.15, 0.2) is 0 Å². The van der Waals surface area contributed by atoms with Gasteiger partial charge in [0.1, 0.15) is 5.82 Å². The summed E-state index contributed by atoms with van der Waals surface area (Å²) in [6, 6.07) is 4.33. The van der Waals surface area contributed by atoms with Gasteiger partial charge in [-0.1, -0.05) is 40.3 Å². The molecule has 1 aliphatic rings. The standard InChI is InChI=1S/C15H23N3O2.C9H8FNO.C5H9NO.2C2H6.C2H2/c1-6-12-10(2)14(11(3)17-12)15(20)16-9-7-8-13(19)18(4)5;1-5-7-4-6(10)2-3-8(7)11-9(5)12;1-3-5(2)6-4-7;3*1-2/h6,17H,1,7-9H2,2-5H3,(H,16,20);2-5H,1H3,(H,11,12);3-4H,1-2H3,(H,6,7);2*1-2H3;1-2H/b;;5-3+;;;. The number of fused-ring (bicyclic) bond motifs is 1. The molecule has 1 aromatic heterocycles. The Morgan fingerprint density at radius 2 is 1.71 bits per heavy atom. The molecule has 0 saturated heterocycles. The summed E-state index contributed by atoms with van der Waals surface area (Å²) in [7, 11) is 3.45. The largest absolute Gasteiger partial charge is 0.358 e. The average Bonchev–Trinajstić information content (AvgIpc) is 3.50. The fourth-order valence-corrected chi connectivity index (χ4v) is 3.64. The molecule has 0 radical (unpaired) electrons. The zero-order valence-corrected chi connectivity index (χ0v) is 29.0. The zero-order chi connectivity index (χ0) is 35.7. The third kappa shape index (κ3) is 16.1. The van der Waals surface area contributed by atoms with Crippen LogP contribution in [0.25, 0.3) is 6.08 Å². The molecule has 4 N–H and O–H groups in total. The molecular formula is C35H54FN5O4. The van der Waals surface area contributed by atoms with E-state index in [1.54, 1.807) is 38.1 Å². The van der Waals surface area contributed by atoms with Gasteiger partial charge >= 0.3 is 0 Å². The van der Waals surface area contributed by atoms with Crippen LogP contribution in [0.3, 0.4) is 0 Å². The maximum atomic E-state index is 12.7. The maximum absolute atomic E-state index is 12.7. The normalized spacial score (nSPS) is 12.0. The van der Waals surface area contributed by atoms with Crippen molar-refractivity contribution in [3.8, 4) is 12.8 Å². The van der Waals surface area contributed by atoms with Crippen LogP contribution in [0.15, 0.2) is 36.6 Å². The van der Waals surface area contributed by atoms with Gasteiger partial charge in [0.05, 0.1) is 11.5 Å². The number of anilines is 1. The van der Waals surface area contributed by atoms with Gasteiger partial charge in [-0.2, -0.15) is 0 Å². The minimum absolute atomic E-state index is 0.0596. The number of amides is 4. The first-order valence-electron chi connectivity index (χ1n) is 14.9. The van der Waals surface area contributed by atoms with E-state index in [1.165, 1.54) is 12.1 Å². The number of aromatic nitrogens is 1. The number of H-pyrrole nitrogens is 1. The second kappa shape index (κ2) is 25.8. The summed E-state index contributed by atoms with van der Waals surface area (Å²) < 4.78 is 12.7. The van der Waals surface area contributed by atoms with Crippen LogP contribution in [0, 0.1) is 32.5 Å². The van der Waals surface area contributed by atoms with Gasteiger partial charge in [-0.3, -0.25) is 19.2 Å². The molecular weight excluding hydrogens is 573 g/mol. The highest BCUT2D eigenvalue weighted by molar-refractivity contribution is 6.02. The van der Waals surface area contributed by atoms with Gasteiger partial charge in [-0.05, 0) is 76.4 Å². The van der Waals surface area contributed by atoms with Crippen molar-refractivity contribution >= 4 is 35.9 Å². The quantitative estimate of drug-likeness (QED) is 0.148. The van der Waals surface area contributed by atoms with E-state index in [0.717, 1.165) is 33.9 Å². The van der Waals surface area contributed by atoms with E-state index in [9.17, 15) is 23.6 Å². The van der Waals surface area contributed by atoms with Gasteiger partial charge in [0.2, 0.25) is 18.2 Å². The number of nitrogens with one attached hydrogen (secondary N) is 4. The van der Waals surface area contributed by atoms with Crippen molar-refractivity contribution < 1.29 is 23.6 Å². The first kappa shape index (κ1) is 44.8. The predicted octanol–water partition coefficient (Wildman–Crippen LogP) is 6.71. The van der Waals surface area contributed by atoms with Crippen LogP contribution in [-0.4, -0.2) is 54.7 Å². The van der Waals surface area contributed by atoms with Crippen LogP contribution >= 0.6 is 0 Å². The lowest BCUT2D eigenvalue weighted by atomic mass is 10.0. The number of terminal acetylenes is 1. The lowest BCUT2D eigenvalue weighted by Gasteiger charge is -2.10. The second-order valence-corrected chi connectivity index (χ2v) is 9.19. The molecule has 9 nitrogen and oxygen atoms in total. The van der Waals surface area contributed by atoms with Gasteiger partial charge in [0, 0.05) is 49.8 Å². The van der Waals surface area contributed by atoms with Gasteiger partial charge in [-0.15, -0.1) is 12.8 Å². The number of benzene rings is 1. The van der Waals surface area contributed by atoms with E-state index < -0.39 is 0 Å². The molecule has 1 aliphatic heterocycles. The van der Waals surface area contributed by atoms with E-state index in [0.29, 0.717) is 31.4 Å². The van der Waals surface area contributed by atoms with E-state index >= 15 is 0 Å². The van der Waals surface area contributed by atoms with Crippen LogP contribution in [0.2, 0.25) is 0 Å². The van der Waals surface area contributed by atoms with Crippen molar-refractivity contribution in [2.75, 3.05) is 26.0 Å². The number of hydrogen-bond donors (Lipinski definition) is 4. The zero-order valence-electron chi connectivity index (χ0n) is 29.0. The molecule has 0 saturated carbocycles. The molecule has 0 fully saturated rings. The summed E-state index contributed by atoms with van der Waals surface area (Å²) in [6.45, 7) is 21.4. The van der Waals surface area contributed by atoms with Crippen LogP contribution in [0.1, 0.15) is 100 Å². The fourth-order valence-electron chi connectivity index (χ4n) is 3.64. The number of carbonyl (C=O) groups excluding carboxylic acids is 4. The number of aromatic amines is 1. The Morgan fingerprint density at radius 1 is 1.13 bits per heavy atom. The van der Waals surface area contributed by atoms with E-state index in [-0.39, 0.29) is 29.5 Å². The SMILES string of the molecule is C#C.C/C=C(\C)NC=O.C=Cc1[nH]c(C)c(C(=O)NCCCC(=O)N(C)C)c1C.CC.CC.CC1C(=O)Nc2ccc(F)cc21. The van der Waals surface area contributed by atoms with Crippen molar-refractivity contribution in [1.29, 1.82) is 0 Å². The number of rotatable bonds is 8. The third-order valence-corrected chi connectivity index (χ3v) is 6.11. The summed E-state index contributed by atoms with van der Waals surface area (Å²) in [4.78, 5) is 49.0. The number of hydrogen-bond acceptors (Lipinski definition) is 4. The van der Waals surface area contributed by atoms with Gasteiger partial charge in [-0.25, -0.2) is 4.39 Å². The number of halogens is 1. The highest BCUT2D eigenvalue weighted by Gasteiger charge is 2.26. The van der Waals surface area contributed by atoms with E-state index in [1.807, 2.05) is 61.5 Å². The smallest absolute Gasteiger partial charge is 0.253 e. The minimum Gasteiger partial charge on any atom is -0.358 e. The molecule has 2 heterocycles. The summed E-state index contributed by atoms with van der Waals surface area (Å²) in [5, 5.41) is 7.99. The van der Waals surface area contributed by atoms with Crippen LogP contribution in [0.4, 0.5) is 10.1 Å². The third-order valence-electron chi connectivity index (χ3n) is 6.11. The Hall–Kier alpha value is -4.65. The topological polar surface area (TPSA) is 123 Å². The van der Waals surface area contributed by atoms with Crippen molar-refractivity contribution in [3.63, 3.8) is 0 Å². The Kier molecular flexibility index (Phi) is 25.7. The highest BCUT2D eigenvalue weighted by atomic mass is 19.1. The lowest BCUT2D eigenvalue weighted by molar-refractivity contribution is -0.128. The minimum atomic E-state index is -0.294. The predicted molar refractivity (Wildman–Crippen MR) is 185 cm³/mol. The highest BCUT2D eigenvalue weighted by Crippen LogP contribution is 2.32. The van der Waals surface area contributed by atoms with Gasteiger partial charge < -0.3 is 25.8 Å². The second-order valence-electron chi connectivity index (χ2n) is 9.19. The summed E-state index contributed by atoms with van der Waals surface area (Å²) in [5.74, 6) is -0.618. The molecule has 4 amide bonds. The first-order chi connectivity index (χ1) is 21.4. The Labute approximate surface area is 270 Å². The molecule has 0 bridgehead atoms. The number of allylic oxidation sites excluding steroid dienone is 2. The molecule has 45 heavy (non-hydrogen) atoms. The Morgan fingerprint density at radius 3 is 2.16 bits per heavy atom. The first-order valence-corrected chi connectivity index (χ1v) is 14.9. The molecule has 10 heteroatoms. The van der Waals surface area contributed by atoms with Crippen molar-refractivity contribution in [1.82, 2.24) is 20.5 Å². The molecule has 1 atom stereocenters. The average molecular weight is 628 g/mol. The molecule has 1 aromatic carbocycles. The van der Waals surface area contributed by atoms with Gasteiger partial charge in [0.25, 0.3) is 5.91 Å².